The van der Waals surface area contributed by atoms with Crippen LogP contribution in [0.1, 0.15) is 17.5 Å². The number of aliphatic hydroxyl groups excluding tert-OH is 1. The summed E-state index contributed by atoms with van der Waals surface area (Å²) in [4.78, 5) is 23.2. The van der Waals surface area contributed by atoms with E-state index in [-0.39, 0.29) is 6.03 Å². The fourth-order valence-electron chi connectivity index (χ4n) is 4.10. The first-order valence-corrected chi connectivity index (χ1v) is 13.2. The predicted octanol–water partition coefficient (Wildman–Crippen LogP) is 4.83. The third-order valence-electron chi connectivity index (χ3n) is 6.32. The molecule has 0 aliphatic carbocycles. The van der Waals surface area contributed by atoms with Gasteiger partial charge in [-0.1, -0.05) is 30.3 Å². The number of carbonyl (C=O) groups is 1. The van der Waals surface area contributed by atoms with Gasteiger partial charge in [0, 0.05) is 63.2 Å². The zero-order chi connectivity index (χ0) is 26.5. The Bertz CT molecular complexity index is 1340. The summed E-state index contributed by atoms with van der Waals surface area (Å²) < 4.78 is 10.2. The van der Waals surface area contributed by atoms with Gasteiger partial charge in [0.1, 0.15) is 17.6 Å². The second kappa shape index (κ2) is 11.5. The van der Waals surface area contributed by atoms with E-state index >= 15 is 0 Å². The smallest absolute Gasteiger partial charge is 0.321 e. The van der Waals surface area contributed by atoms with Crippen molar-refractivity contribution in [2.45, 2.75) is 6.10 Å². The van der Waals surface area contributed by atoms with E-state index in [0.29, 0.717) is 43.3 Å². The highest BCUT2D eigenvalue weighted by Gasteiger charge is 2.25. The summed E-state index contributed by atoms with van der Waals surface area (Å²) in [7, 11) is 3.96. The van der Waals surface area contributed by atoms with Crippen LogP contribution in [0.5, 0.6) is 11.5 Å². The van der Waals surface area contributed by atoms with Crippen LogP contribution in [-0.2, 0) is 0 Å². The van der Waals surface area contributed by atoms with Gasteiger partial charge in [-0.15, -0.1) is 0 Å². The fraction of sp³-hybridized carbons (Fsp3) is 0.250. The number of rotatable bonds is 7. The average Bonchev–Trinajstić information content (AvgIpc) is 3.44. The number of piperazine rings is 1. The van der Waals surface area contributed by atoms with E-state index in [9.17, 15) is 9.90 Å². The SMILES string of the molecule is CN(C)c1ccc(NC(=O)N2CCN(c3nc(C(O)c4ccc(Oc5ccccc5)cc4)ns3)CC2)cc1. The summed E-state index contributed by atoms with van der Waals surface area (Å²) in [5, 5.41) is 14.6. The number of urea groups is 1. The van der Waals surface area contributed by atoms with E-state index in [1.54, 1.807) is 4.90 Å². The molecular weight excluding hydrogens is 500 g/mol. The van der Waals surface area contributed by atoms with Crippen molar-refractivity contribution in [1.29, 1.82) is 0 Å². The maximum absolute atomic E-state index is 12.7. The molecule has 5 rings (SSSR count). The van der Waals surface area contributed by atoms with E-state index in [4.69, 9.17) is 4.74 Å². The molecule has 1 aliphatic heterocycles. The predicted molar refractivity (Wildman–Crippen MR) is 151 cm³/mol. The summed E-state index contributed by atoms with van der Waals surface area (Å²) in [5.41, 5.74) is 2.53. The Morgan fingerprint density at radius 2 is 1.61 bits per heavy atom. The lowest BCUT2D eigenvalue weighted by Crippen LogP contribution is -2.50. The summed E-state index contributed by atoms with van der Waals surface area (Å²) >= 11 is 1.26. The molecule has 2 amide bonds. The maximum atomic E-state index is 12.7. The van der Waals surface area contributed by atoms with Gasteiger partial charge in [0.05, 0.1) is 0 Å². The number of aromatic nitrogens is 2. The molecule has 1 saturated heterocycles. The van der Waals surface area contributed by atoms with Crippen molar-refractivity contribution in [1.82, 2.24) is 14.3 Å². The van der Waals surface area contributed by atoms with Crippen molar-refractivity contribution >= 4 is 34.1 Å². The minimum absolute atomic E-state index is 0.115. The van der Waals surface area contributed by atoms with Gasteiger partial charge in [-0.25, -0.2) is 9.78 Å². The van der Waals surface area contributed by atoms with Gasteiger partial charge in [0.15, 0.2) is 5.82 Å². The summed E-state index contributed by atoms with van der Waals surface area (Å²) in [6, 6.07) is 24.5. The Morgan fingerprint density at radius 1 is 0.947 bits per heavy atom. The molecule has 9 nitrogen and oxygen atoms in total. The van der Waals surface area contributed by atoms with E-state index in [1.807, 2.05) is 97.9 Å². The second-order valence-electron chi connectivity index (χ2n) is 9.17. The average molecular weight is 531 g/mol. The second-order valence-corrected chi connectivity index (χ2v) is 9.90. The summed E-state index contributed by atoms with van der Waals surface area (Å²) in [6.07, 6.45) is -0.934. The standard InChI is InChI=1S/C28H30N6O3S/c1-32(2)22-12-10-21(11-13-22)29-27(36)33-16-18-34(19-17-33)28-30-26(31-38-28)25(35)20-8-14-24(15-9-20)37-23-6-4-3-5-7-23/h3-15,25,35H,16-19H2,1-2H3,(H,29,36). The van der Waals surface area contributed by atoms with Gasteiger partial charge in [-0.2, -0.15) is 4.37 Å². The third-order valence-corrected chi connectivity index (χ3v) is 7.11. The number of hydrogen-bond donors (Lipinski definition) is 2. The Balaban J connectivity index is 1.14. The Kier molecular flexibility index (Phi) is 7.71. The van der Waals surface area contributed by atoms with Gasteiger partial charge in [-0.05, 0) is 54.1 Å². The molecule has 0 saturated carbocycles. The third kappa shape index (κ3) is 6.04. The van der Waals surface area contributed by atoms with Crippen molar-refractivity contribution < 1.29 is 14.6 Å². The highest BCUT2D eigenvalue weighted by molar-refractivity contribution is 7.09. The molecular formula is C28H30N6O3S. The summed E-state index contributed by atoms with van der Waals surface area (Å²) in [6.45, 7) is 2.43. The molecule has 3 aromatic carbocycles. The Hall–Kier alpha value is -4.15. The molecule has 1 unspecified atom stereocenters. The zero-order valence-corrected chi connectivity index (χ0v) is 22.1. The molecule has 1 aliphatic rings. The highest BCUT2D eigenvalue weighted by Crippen LogP contribution is 2.28. The fourth-order valence-corrected chi connectivity index (χ4v) is 4.85. The van der Waals surface area contributed by atoms with Gasteiger partial charge in [-0.3, -0.25) is 0 Å². The van der Waals surface area contributed by atoms with E-state index in [1.165, 1.54) is 11.5 Å². The number of amides is 2. The normalized spacial score (nSPS) is 14.2. The van der Waals surface area contributed by atoms with E-state index in [0.717, 1.165) is 22.3 Å². The van der Waals surface area contributed by atoms with Crippen molar-refractivity contribution in [3.63, 3.8) is 0 Å². The Morgan fingerprint density at radius 3 is 2.26 bits per heavy atom. The topological polar surface area (TPSA) is 94.1 Å². The lowest BCUT2D eigenvalue weighted by atomic mass is 10.1. The molecule has 2 heterocycles. The number of para-hydroxylation sites is 1. The van der Waals surface area contributed by atoms with Crippen LogP contribution in [0.4, 0.5) is 21.3 Å². The van der Waals surface area contributed by atoms with Crippen LogP contribution in [0.25, 0.3) is 0 Å². The molecule has 38 heavy (non-hydrogen) atoms. The van der Waals surface area contributed by atoms with Crippen LogP contribution in [0.2, 0.25) is 0 Å². The highest BCUT2D eigenvalue weighted by atomic mass is 32.1. The molecule has 0 bridgehead atoms. The minimum Gasteiger partial charge on any atom is -0.457 e. The number of carbonyl (C=O) groups excluding carboxylic acids is 1. The van der Waals surface area contributed by atoms with Crippen LogP contribution in [-0.4, -0.2) is 65.7 Å². The van der Waals surface area contributed by atoms with Crippen molar-refractivity contribution in [3.8, 4) is 11.5 Å². The molecule has 1 aromatic heterocycles. The number of nitrogens with one attached hydrogen (secondary N) is 1. The van der Waals surface area contributed by atoms with Crippen LogP contribution in [0.15, 0.2) is 78.9 Å². The van der Waals surface area contributed by atoms with Gasteiger partial charge in [0.25, 0.3) is 0 Å². The van der Waals surface area contributed by atoms with Crippen molar-refractivity contribution in [3.05, 3.63) is 90.3 Å². The largest absolute Gasteiger partial charge is 0.457 e. The monoisotopic (exact) mass is 530 g/mol. The molecule has 10 heteroatoms. The Labute approximate surface area is 226 Å². The molecule has 4 aromatic rings. The lowest BCUT2D eigenvalue weighted by Gasteiger charge is -2.34. The summed E-state index contributed by atoms with van der Waals surface area (Å²) in [5.74, 6) is 1.80. The number of anilines is 3. The number of hydrogen-bond acceptors (Lipinski definition) is 8. The zero-order valence-electron chi connectivity index (χ0n) is 21.3. The van der Waals surface area contributed by atoms with Crippen LogP contribution < -0.4 is 19.9 Å². The number of benzene rings is 3. The molecule has 1 atom stereocenters. The van der Waals surface area contributed by atoms with Crippen LogP contribution in [0.3, 0.4) is 0 Å². The van der Waals surface area contributed by atoms with Gasteiger partial charge >= 0.3 is 6.03 Å². The minimum atomic E-state index is -0.934. The number of aliphatic hydroxyl groups is 1. The first-order valence-electron chi connectivity index (χ1n) is 12.4. The lowest BCUT2D eigenvalue weighted by molar-refractivity contribution is 0.208. The first-order chi connectivity index (χ1) is 18.5. The first kappa shape index (κ1) is 25.5. The van der Waals surface area contributed by atoms with E-state index < -0.39 is 6.10 Å². The molecule has 0 radical (unpaired) electrons. The van der Waals surface area contributed by atoms with Gasteiger partial charge < -0.3 is 29.9 Å². The number of nitrogens with zero attached hydrogens (tertiary/aromatic N) is 5. The molecule has 2 N–H and O–H groups in total. The quantitative estimate of drug-likeness (QED) is 0.353. The molecule has 1 fully saturated rings. The van der Waals surface area contributed by atoms with Crippen LogP contribution in [0, 0.1) is 0 Å². The van der Waals surface area contributed by atoms with Crippen molar-refractivity contribution in [2.24, 2.45) is 0 Å². The maximum Gasteiger partial charge on any atom is 0.321 e. The number of ether oxygens (including phenoxy) is 1. The van der Waals surface area contributed by atoms with Crippen LogP contribution >= 0.6 is 11.5 Å². The van der Waals surface area contributed by atoms with E-state index in [2.05, 4.69) is 19.6 Å². The van der Waals surface area contributed by atoms with Gasteiger partial charge in [0.2, 0.25) is 5.13 Å². The van der Waals surface area contributed by atoms with Crippen molar-refractivity contribution in [2.75, 3.05) is 55.4 Å². The molecule has 196 valence electrons. The molecule has 0 spiro atoms.